The minimum atomic E-state index is -0.191. The quantitative estimate of drug-likeness (QED) is 0.539. The zero-order valence-corrected chi connectivity index (χ0v) is 5.39. The van der Waals surface area contributed by atoms with E-state index in [1.807, 2.05) is 0 Å². The predicted molar refractivity (Wildman–Crippen MR) is 28.7 cm³/mol. The fraction of sp³-hybridized carbons (Fsp3) is 0.500. The van der Waals surface area contributed by atoms with Crippen LogP contribution in [-0.2, 0) is 0 Å². The molecule has 0 N–H and O–H groups in total. The third-order valence-corrected chi connectivity index (χ3v) is 1.17. The summed E-state index contributed by atoms with van der Waals surface area (Å²) in [7, 11) is 0. The molecule has 1 radical (unpaired) electrons. The minimum Gasteiger partial charge on any atom is -0.119 e. The smallest absolute Gasteiger partial charge is 0.106 e. The van der Waals surface area contributed by atoms with E-state index in [1.54, 1.807) is 0 Å². The molecule has 0 aliphatic rings. The lowest BCUT2D eigenvalue weighted by molar-refractivity contribution is 1.63. The van der Waals surface area contributed by atoms with Gasteiger partial charge in [0.15, 0.2) is 0 Å². The van der Waals surface area contributed by atoms with Crippen LogP contribution in [-0.4, -0.2) is 4.29 Å². The van der Waals surface area contributed by atoms with Crippen LogP contribution in [0.3, 0.4) is 0 Å². The molecule has 0 aliphatic carbocycles. The predicted octanol–water partition coefficient (Wildman–Crippen LogP) is 2.35. The van der Waals surface area contributed by atoms with Gasteiger partial charge in [-0.25, -0.2) is 0 Å². The second-order valence-corrected chi connectivity index (χ2v) is 2.70. The molecule has 0 aliphatic heterocycles. The lowest BCUT2D eigenvalue weighted by atomic mass is 11.0. The fourth-order valence-corrected chi connectivity index (χ4v) is 0. The van der Waals surface area contributed by atoms with E-state index in [0.29, 0.717) is 0 Å². The van der Waals surface area contributed by atoms with Crippen molar-refractivity contribution in [3.8, 4) is 0 Å². The highest BCUT2D eigenvalue weighted by Gasteiger charge is 1.89. The Labute approximate surface area is 49.6 Å². The zero-order valence-electron chi connectivity index (χ0n) is 2.29. The van der Waals surface area contributed by atoms with E-state index in [0.717, 1.165) is 0 Å². The molecule has 1 atom stereocenters. The van der Waals surface area contributed by atoms with Gasteiger partial charge in [0.25, 0.3) is 0 Å². The Hall–Kier alpha value is 1.06. The highest BCUT2D eigenvalue weighted by atomic mass is 79.9. The Morgan fingerprint density at radius 1 is 1.80 bits per heavy atom. The maximum absolute atomic E-state index is 5.19. The van der Waals surface area contributed by atoms with Crippen molar-refractivity contribution in [2.45, 2.75) is 4.29 Å². The van der Waals surface area contributed by atoms with Gasteiger partial charge in [0, 0.05) is 0 Å². The van der Waals surface area contributed by atoms with E-state index in [-0.39, 0.29) is 4.29 Å². The van der Waals surface area contributed by atoms with E-state index >= 15 is 0 Å². The van der Waals surface area contributed by atoms with Crippen LogP contribution in [0.2, 0.25) is 0 Å². The van der Waals surface area contributed by atoms with Gasteiger partial charge in [-0.15, -0.1) is 23.2 Å². The van der Waals surface area contributed by atoms with Crippen LogP contribution in [0.5, 0.6) is 0 Å². The number of alkyl halides is 2. The second kappa shape index (κ2) is 3.26. The summed E-state index contributed by atoms with van der Waals surface area (Å²) in [5.41, 5.74) is 0. The van der Waals surface area contributed by atoms with Gasteiger partial charge < -0.3 is 0 Å². The lowest BCUT2D eigenvalue weighted by Gasteiger charge is -1.82. The standard InChI is InChI=1S/C2H2BrCl2/c3-2(5)1-4/h1-2H. The van der Waals surface area contributed by atoms with Gasteiger partial charge in [-0.1, -0.05) is 15.9 Å². The van der Waals surface area contributed by atoms with Crippen LogP contribution in [0, 0.1) is 5.88 Å². The average Bonchev–Trinajstić information content (AvgIpc) is 1.38. The van der Waals surface area contributed by atoms with Crippen LogP contribution < -0.4 is 0 Å². The molecule has 0 saturated heterocycles. The van der Waals surface area contributed by atoms with Crippen LogP contribution in [0.1, 0.15) is 0 Å². The van der Waals surface area contributed by atoms with E-state index < -0.39 is 0 Å². The topological polar surface area (TPSA) is 0 Å². The van der Waals surface area contributed by atoms with Crippen molar-refractivity contribution in [2.75, 3.05) is 0 Å². The SMILES string of the molecule is Cl[CH]C(Cl)Br. The number of hydrogen-bond donors (Lipinski definition) is 0. The number of halogens is 3. The molecule has 0 aromatic heterocycles. The molecule has 0 aromatic carbocycles. The summed E-state index contributed by atoms with van der Waals surface area (Å²) in [5, 5.41) is 0. The molecule has 31 valence electrons. The second-order valence-electron chi connectivity index (χ2n) is 0.460. The molecule has 1 unspecified atom stereocenters. The molecule has 3 heteroatoms. The summed E-state index contributed by atoms with van der Waals surface area (Å²) < 4.78 is -0.191. The van der Waals surface area contributed by atoms with Crippen LogP contribution >= 0.6 is 39.1 Å². The molecular weight excluding hydrogens is 175 g/mol. The van der Waals surface area contributed by atoms with Crippen molar-refractivity contribution in [1.82, 2.24) is 0 Å². The largest absolute Gasteiger partial charge is 0.119 e. The molecule has 0 bridgehead atoms. The summed E-state index contributed by atoms with van der Waals surface area (Å²) in [6.45, 7) is 0. The van der Waals surface area contributed by atoms with Crippen molar-refractivity contribution in [1.29, 1.82) is 0 Å². The summed E-state index contributed by atoms with van der Waals surface area (Å²) >= 11 is 13.2. The summed E-state index contributed by atoms with van der Waals surface area (Å²) in [5.74, 6) is 1.32. The Bertz CT molecular complexity index is 21.6. The Kier molecular flexibility index (Phi) is 3.95. The molecule has 0 fully saturated rings. The van der Waals surface area contributed by atoms with Crippen molar-refractivity contribution in [3.63, 3.8) is 0 Å². The molecule has 0 aromatic rings. The van der Waals surface area contributed by atoms with Crippen LogP contribution in [0.25, 0.3) is 0 Å². The fourth-order valence-electron chi connectivity index (χ4n) is 0. The molecule has 0 heterocycles. The maximum Gasteiger partial charge on any atom is 0.106 e. The third-order valence-electron chi connectivity index (χ3n) is 0.0952. The molecular formula is C2H2BrCl2. The first-order valence-electron chi connectivity index (χ1n) is 0.988. The van der Waals surface area contributed by atoms with Gasteiger partial charge in [0.2, 0.25) is 0 Å². The van der Waals surface area contributed by atoms with Gasteiger partial charge in [-0.2, -0.15) is 0 Å². The zero-order chi connectivity index (χ0) is 4.28. The van der Waals surface area contributed by atoms with Crippen LogP contribution in [0.15, 0.2) is 0 Å². The summed E-state index contributed by atoms with van der Waals surface area (Å²) in [6.07, 6.45) is 0. The van der Waals surface area contributed by atoms with Gasteiger partial charge in [0.05, 0.1) is 5.88 Å². The summed E-state index contributed by atoms with van der Waals surface area (Å²) in [4.78, 5) is 0. The molecule has 0 saturated carbocycles. The Morgan fingerprint density at radius 3 is 2.00 bits per heavy atom. The van der Waals surface area contributed by atoms with Gasteiger partial charge in [0.1, 0.15) is 4.29 Å². The van der Waals surface area contributed by atoms with E-state index in [1.165, 1.54) is 5.88 Å². The van der Waals surface area contributed by atoms with E-state index in [9.17, 15) is 0 Å². The highest BCUT2D eigenvalue weighted by molar-refractivity contribution is 9.10. The van der Waals surface area contributed by atoms with Gasteiger partial charge in [-0.3, -0.25) is 0 Å². The maximum atomic E-state index is 5.19. The van der Waals surface area contributed by atoms with Gasteiger partial charge >= 0.3 is 0 Å². The van der Waals surface area contributed by atoms with Crippen molar-refractivity contribution < 1.29 is 0 Å². The third kappa shape index (κ3) is 5.06. The Balaban J connectivity index is 2.54. The van der Waals surface area contributed by atoms with E-state index in [4.69, 9.17) is 23.2 Å². The minimum absolute atomic E-state index is 0.191. The highest BCUT2D eigenvalue weighted by Crippen LogP contribution is 2.09. The van der Waals surface area contributed by atoms with E-state index in [2.05, 4.69) is 15.9 Å². The van der Waals surface area contributed by atoms with Crippen molar-refractivity contribution >= 4 is 39.1 Å². The molecule has 0 rings (SSSR count). The normalized spacial score (nSPS) is 15.0. The molecule has 0 amide bonds. The lowest BCUT2D eigenvalue weighted by Crippen LogP contribution is -1.73. The first-order chi connectivity index (χ1) is 2.27. The molecule has 5 heavy (non-hydrogen) atoms. The van der Waals surface area contributed by atoms with Crippen molar-refractivity contribution in [3.05, 3.63) is 5.88 Å². The molecule has 0 spiro atoms. The first-order valence-corrected chi connectivity index (χ1v) is 2.78. The van der Waals surface area contributed by atoms with Crippen LogP contribution in [0.4, 0.5) is 0 Å². The first kappa shape index (κ1) is 6.06. The van der Waals surface area contributed by atoms with Gasteiger partial charge in [-0.05, 0) is 0 Å². The average molecular weight is 177 g/mol. The Morgan fingerprint density at radius 2 is 2.00 bits per heavy atom. The molecule has 0 nitrogen and oxygen atoms in total. The monoisotopic (exact) mass is 175 g/mol. The number of hydrogen-bond acceptors (Lipinski definition) is 0. The van der Waals surface area contributed by atoms with Crippen molar-refractivity contribution in [2.24, 2.45) is 0 Å². The number of rotatable bonds is 1. The summed E-state index contributed by atoms with van der Waals surface area (Å²) in [6, 6.07) is 0.